The topological polar surface area (TPSA) is 67.9 Å². The number of sulfonamides is 1. The van der Waals surface area contributed by atoms with E-state index in [0.29, 0.717) is 25.5 Å². The second-order valence-electron chi connectivity index (χ2n) is 6.17. The highest BCUT2D eigenvalue weighted by Crippen LogP contribution is 2.21. The van der Waals surface area contributed by atoms with Crippen molar-refractivity contribution in [3.63, 3.8) is 0 Å². The monoisotopic (exact) mass is 376 g/mol. The highest BCUT2D eigenvalue weighted by atomic mass is 32.2. The van der Waals surface area contributed by atoms with Crippen LogP contribution in [-0.4, -0.2) is 53.3 Å². The van der Waals surface area contributed by atoms with Crippen molar-refractivity contribution in [1.29, 1.82) is 0 Å². The zero-order valence-corrected chi connectivity index (χ0v) is 15.6. The van der Waals surface area contributed by atoms with Gasteiger partial charge in [-0.05, 0) is 29.8 Å². The van der Waals surface area contributed by atoms with Gasteiger partial charge in [-0.15, -0.1) is 0 Å². The van der Waals surface area contributed by atoms with Crippen LogP contribution < -0.4 is 9.46 Å². The molecule has 1 heterocycles. The fourth-order valence-corrected chi connectivity index (χ4v) is 4.16. The predicted octanol–water partition coefficient (Wildman–Crippen LogP) is 2.05. The average Bonchev–Trinajstić information content (AvgIpc) is 2.69. The van der Waals surface area contributed by atoms with E-state index in [2.05, 4.69) is 9.62 Å². The first-order chi connectivity index (χ1) is 12.6. The maximum atomic E-state index is 12.9. The lowest BCUT2D eigenvalue weighted by atomic mass is 10.1. The van der Waals surface area contributed by atoms with Crippen molar-refractivity contribution in [2.75, 3.05) is 40.0 Å². The summed E-state index contributed by atoms with van der Waals surface area (Å²) in [7, 11) is -2.10. The van der Waals surface area contributed by atoms with Crippen molar-refractivity contribution in [2.45, 2.75) is 10.9 Å². The Bertz CT molecular complexity index is 788. The van der Waals surface area contributed by atoms with Gasteiger partial charge in [0, 0.05) is 19.6 Å². The molecule has 1 aliphatic heterocycles. The molecule has 6 nitrogen and oxygen atoms in total. The van der Waals surface area contributed by atoms with Crippen LogP contribution in [0.15, 0.2) is 59.5 Å². The van der Waals surface area contributed by atoms with E-state index in [4.69, 9.17) is 9.47 Å². The summed E-state index contributed by atoms with van der Waals surface area (Å²) in [6.07, 6.45) is 0. The molecule has 140 valence electrons. The Morgan fingerprint density at radius 1 is 1.08 bits per heavy atom. The SMILES string of the molecule is COc1ccc(S(=O)(=O)NC(CN2CCOCC2)c2ccccc2)cc1. The summed E-state index contributed by atoms with van der Waals surface area (Å²) >= 11 is 0. The van der Waals surface area contributed by atoms with Crippen molar-refractivity contribution < 1.29 is 17.9 Å². The Morgan fingerprint density at radius 3 is 2.35 bits per heavy atom. The van der Waals surface area contributed by atoms with E-state index in [9.17, 15) is 8.42 Å². The molecule has 1 aliphatic rings. The van der Waals surface area contributed by atoms with Crippen LogP contribution in [0.3, 0.4) is 0 Å². The number of nitrogens with zero attached hydrogens (tertiary/aromatic N) is 1. The van der Waals surface area contributed by atoms with Crippen LogP contribution in [0.1, 0.15) is 11.6 Å². The molecule has 26 heavy (non-hydrogen) atoms. The third-order valence-electron chi connectivity index (χ3n) is 4.41. The number of ether oxygens (including phenoxy) is 2. The number of morpholine rings is 1. The van der Waals surface area contributed by atoms with Crippen molar-refractivity contribution >= 4 is 10.0 Å². The first kappa shape index (κ1) is 18.8. The van der Waals surface area contributed by atoms with Gasteiger partial charge < -0.3 is 9.47 Å². The lowest BCUT2D eigenvalue weighted by Gasteiger charge is -2.31. The van der Waals surface area contributed by atoms with E-state index in [1.807, 2.05) is 30.3 Å². The maximum Gasteiger partial charge on any atom is 0.241 e. The Morgan fingerprint density at radius 2 is 1.73 bits per heavy atom. The molecule has 1 fully saturated rings. The van der Waals surface area contributed by atoms with Gasteiger partial charge in [0.25, 0.3) is 0 Å². The van der Waals surface area contributed by atoms with Gasteiger partial charge in [-0.1, -0.05) is 30.3 Å². The summed E-state index contributed by atoms with van der Waals surface area (Å²) in [5, 5.41) is 0. The highest BCUT2D eigenvalue weighted by Gasteiger charge is 2.24. The van der Waals surface area contributed by atoms with Crippen molar-refractivity contribution in [2.24, 2.45) is 0 Å². The Hall–Kier alpha value is -1.93. The Kier molecular flexibility index (Phi) is 6.26. The van der Waals surface area contributed by atoms with Gasteiger partial charge in [0.15, 0.2) is 0 Å². The number of rotatable bonds is 7. The molecule has 2 aromatic rings. The molecule has 0 aliphatic carbocycles. The van der Waals surface area contributed by atoms with Crippen LogP contribution in [0.4, 0.5) is 0 Å². The molecule has 0 radical (unpaired) electrons. The first-order valence-corrected chi connectivity index (χ1v) is 10.1. The zero-order valence-electron chi connectivity index (χ0n) is 14.8. The third-order valence-corrected chi connectivity index (χ3v) is 5.90. The fraction of sp³-hybridized carbons (Fsp3) is 0.368. The van der Waals surface area contributed by atoms with E-state index in [-0.39, 0.29) is 10.9 Å². The molecule has 1 N–H and O–H groups in total. The van der Waals surface area contributed by atoms with Crippen LogP contribution in [0, 0.1) is 0 Å². The van der Waals surface area contributed by atoms with Gasteiger partial charge in [0.1, 0.15) is 5.75 Å². The molecule has 2 aromatic carbocycles. The van der Waals surface area contributed by atoms with Gasteiger partial charge in [0.2, 0.25) is 10.0 Å². The second-order valence-corrected chi connectivity index (χ2v) is 7.89. The molecule has 0 aromatic heterocycles. The van der Waals surface area contributed by atoms with Gasteiger partial charge in [-0.2, -0.15) is 0 Å². The number of methoxy groups -OCH3 is 1. The summed E-state index contributed by atoms with van der Waals surface area (Å²) in [4.78, 5) is 2.44. The van der Waals surface area contributed by atoms with Gasteiger partial charge in [0.05, 0.1) is 31.3 Å². The van der Waals surface area contributed by atoms with E-state index in [1.165, 1.54) is 0 Å². The molecule has 1 atom stereocenters. The molecule has 0 spiro atoms. The largest absolute Gasteiger partial charge is 0.497 e. The third kappa shape index (κ3) is 4.82. The van der Waals surface area contributed by atoms with Crippen LogP contribution in [0.5, 0.6) is 5.75 Å². The van der Waals surface area contributed by atoms with Crippen molar-refractivity contribution in [3.05, 3.63) is 60.2 Å². The Balaban J connectivity index is 1.81. The minimum atomic E-state index is -3.65. The fourth-order valence-electron chi connectivity index (χ4n) is 2.95. The van der Waals surface area contributed by atoms with Gasteiger partial charge in [-0.3, -0.25) is 4.90 Å². The van der Waals surface area contributed by atoms with Crippen molar-refractivity contribution in [1.82, 2.24) is 9.62 Å². The van der Waals surface area contributed by atoms with Gasteiger partial charge >= 0.3 is 0 Å². The van der Waals surface area contributed by atoms with Gasteiger partial charge in [-0.25, -0.2) is 13.1 Å². The molecule has 0 saturated carbocycles. The summed E-state index contributed by atoms with van der Waals surface area (Å²) in [6.45, 7) is 3.55. The predicted molar refractivity (Wildman–Crippen MR) is 99.8 cm³/mol. The minimum Gasteiger partial charge on any atom is -0.497 e. The number of hydrogen-bond acceptors (Lipinski definition) is 5. The molecule has 3 rings (SSSR count). The minimum absolute atomic E-state index is 0.223. The lowest BCUT2D eigenvalue weighted by molar-refractivity contribution is 0.0345. The molecule has 0 amide bonds. The highest BCUT2D eigenvalue weighted by molar-refractivity contribution is 7.89. The second kappa shape index (κ2) is 8.64. The van der Waals surface area contributed by atoms with Crippen LogP contribution in [0.2, 0.25) is 0 Å². The number of nitrogens with one attached hydrogen (secondary N) is 1. The van der Waals surface area contributed by atoms with Crippen LogP contribution >= 0.6 is 0 Å². The molecular formula is C19H24N2O4S. The van der Waals surface area contributed by atoms with E-state index < -0.39 is 10.0 Å². The molecule has 1 saturated heterocycles. The summed E-state index contributed by atoms with van der Waals surface area (Å²) < 4.78 is 39.1. The summed E-state index contributed by atoms with van der Waals surface area (Å²) in [5.74, 6) is 0.622. The smallest absolute Gasteiger partial charge is 0.241 e. The number of hydrogen-bond donors (Lipinski definition) is 1. The van der Waals surface area contributed by atoms with E-state index >= 15 is 0 Å². The molecular weight excluding hydrogens is 352 g/mol. The molecule has 7 heteroatoms. The molecule has 0 bridgehead atoms. The lowest BCUT2D eigenvalue weighted by Crippen LogP contribution is -2.43. The average molecular weight is 376 g/mol. The standard InChI is InChI=1S/C19H24N2O4S/c1-24-17-7-9-18(10-8-17)26(22,23)20-19(16-5-3-2-4-6-16)15-21-11-13-25-14-12-21/h2-10,19-20H,11-15H2,1H3. The van der Waals surface area contributed by atoms with Crippen molar-refractivity contribution in [3.8, 4) is 5.75 Å². The quantitative estimate of drug-likeness (QED) is 0.801. The Labute approximate surface area is 154 Å². The van der Waals surface area contributed by atoms with Crippen LogP contribution in [0.25, 0.3) is 0 Å². The first-order valence-electron chi connectivity index (χ1n) is 8.60. The zero-order chi connectivity index (χ0) is 18.4. The summed E-state index contributed by atoms with van der Waals surface area (Å²) in [5.41, 5.74) is 0.941. The maximum absolute atomic E-state index is 12.9. The van der Waals surface area contributed by atoms with E-state index in [0.717, 1.165) is 18.7 Å². The van der Waals surface area contributed by atoms with E-state index in [1.54, 1.807) is 31.4 Å². The van der Waals surface area contributed by atoms with Crippen LogP contribution in [-0.2, 0) is 14.8 Å². The normalized spacial score (nSPS) is 17.0. The number of benzene rings is 2. The molecule has 1 unspecified atom stereocenters. The summed E-state index contributed by atoms with van der Waals surface area (Å²) in [6, 6.07) is 15.7.